The average molecular weight is 960 g/mol. The van der Waals surface area contributed by atoms with Gasteiger partial charge >= 0.3 is 19.8 Å². The molecule has 0 bridgehead atoms. The van der Waals surface area contributed by atoms with E-state index >= 15 is 0 Å². The van der Waals surface area contributed by atoms with E-state index in [1.54, 1.807) is 0 Å². The highest BCUT2D eigenvalue weighted by Gasteiger charge is 2.27. The molecule has 10 nitrogen and oxygen atoms in total. The SMILES string of the molecule is CC/C=C\C/C=C\C/C=C\C/C=C\C/C=C\CCCCCCCC(=O)OC(COCCCCCCCCCCCCCC/C=C\C/C=C\CCCCCCC)COP(=O)(O)OCC(N)C(=O)O. The number of esters is 1. The highest BCUT2D eigenvalue weighted by atomic mass is 31.2. The van der Waals surface area contributed by atoms with Crippen molar-refractivity contribution in [3.05, 3.63) is 85.1 Å². The van der Waals surface area contributed by atoms with E-state index < -0.39 is 45.1 Å². The fourth-order valence-corrected chi connectivity index (χ4v) is 7.85. The molecular formula is C56H98NO9P. The van der Waals surface area contributed by atoms with Crippen LogP contribution in [-0.2, 0) is 32.7 Å². The second-order valence-corrected chi connectivity index (χ2v) is 19.1. The molecule has 0 saturated heterocycles. The predicted octanol–water partition coefficient (Wildman–Crippen LogP) is 15.9. The lowest BCUT2D eigenvalue weighted by atomic mass is 10.0. The number of phosphoric acid groups is 1. The van der Waals surface area contributed by atoms with Gasteiger partial charge in [0.2, 0.25) is 0 Å². The van der Waals surface area contributed by atoms with E-state index in [4.69, 9.17) is 29.4 Å². The molecule has 0 fully saturated rings. The largest absolute Gasteiger partial charge is 0.480 e. The third kappa shape index (κ3) is 50.8. The van der Waals surface area contributed by atoms with Crippen molar-refractivity contribution in [2.24, 2.45) is 5.73 Å². The molecule has 0 amide bonds. The smallest absolute Gasteiger partial charge is 0.472 e. The summed E-state index contributed by atoms with van der Waals surface area (Å²) in [5.74, 6) is -1.80. The summed E-state index contributed by atoms with van der Waals surface area (Å²) in [6.07, 6.45) is 66.4. The van der Waals surface area contributed by atoms with Crippen molar-refractivity contribution < 1.29 is 42.7 Å². The third-order valence-electron chi connectivity index (χ3n) is 11.2. The molecular weight excluding hydrogens is 862 g/mol. The Labute approximate surface area is 409 Å². The minimum atomic E-state index is -4.64. The van der Waals surface area contributed by atoms with Gasteiger partial charge < -0.3 is 25.2 Å². The third-order valence-corrected chi connectivity index (χ3v) is 12.1. The summed E-state index contributed by atoms with van der Waals surface area (Å²) >= 11 is 0. The van der Waals surface area contributed by atoms with Crippen LogP contribution in [0.4, 0.5) is 0 Å². The minimum absolute atomic E-state index is 0.00380. The first-order chi connectivity index (χ1) is 32.7. The minimum Gasteiger partial charge on any atom is -0.480 e. The second-order valence-electron chi connectivity index (χ2n) is 17.6. The van der Waals surface area contributed by atoms with Gasteiger partial charge in [0.25, 0.3) is 0 Å². The molecule has 386 valence electrons. The molecule has 3 atom stereocenters. The van der Waals surface area contributed by atoms with Crippen molar-refractivity contribution in [1.82, 2.24) is 0 Å². The highest BCUT2D eigenvalue weighted by molar-refractivity contribution is 7.47. The maximum atomic E-state index is 12.7. The first kappa shape index (κ1) is 64.2. The van der Waals surface area contributed by atoms with Gasteiger partial charge in [-0.2, -0.15) is 0 Å². The Bertz CT molecular complexity index is 1390. The quantitative estimate of drug-likeness (QED) is 0.0232. The Morgan fingerprint density at radius 2 is 0.866 bits per heavy atom. The van der Waals surface area contributed by atoms with E-state index in [1.807, 2.05) is 0 Å². The Morgan fingerprint density at radius 1 is 0.493 bits per heavy atom. The van der Waals surface area contributed by atoms with Crippen molar-refractivity contribution in [2.45, 2.75) is 231 Å². The molecule has 0 heterocycles. The van der Waals surface area contributed by atoms with Crippen LogP contribution < -0.4 is 5.73 Å². The number of carboxylic acid groups (broad SMARTS) is 1. The number of phosphoric ester groups is 1. The molecule has 0 aliphatic heterocycles. The van der Waals surface area contributed by atoms with Crippen LogP contribution in [0.3, 0.4) is 0 Å². The van der Waals surface area contributed by atoms with Gasteiger partial charge in [-0.15, -0.1) is 0 Å². The van der Waals surface area contributed by atoms with Gasteiger partial charge in [0.15, 0.2) is 0 Å². The topological polar surface area (TPSA) is 155 Å². The summed E-state index contributed by atoms with van der Waals surface area (Å²) in [7, 11) is -4.64. The van der Waals surface area contributed by atoms with Crippen molar-refractivity contribution in [3.63, 3.8) is 0 Å². The molecule has 0 aromatic rings. The molecule has 0 saturated carbocycles. The molecule has 67 heavy (non-hydrogen) atoms. The van der Waals surface area contributed by atoms with Gasteiger partial charge in [0.05, 0.1) is 19.8 Å². The van der Waals surface area contributed by atoms with Crippen molar-refractivity contribution in [2.75, 3.05) is 26.4 Å². The lowest BCUT2D eigenvalue weighted by molar-refractivity contribution is -0.154. The van der Waals surface area contributed by atoms with Crippen LogP contribution in [0.25, 0.3) is 0 Å². The number of ether oxygens (including phenoxy) is 2. The van der Waals surface area contributed by atoms with Gasteiger partial charge in [0.1, 0.15) is 12.1 Å². The van der Waals surface area contributed by atoms with Gasteiger partial charge in [-0.25, -0.2) is 4.57 Å². The summed E-state index contributed by atoms with van der Waals surface area (Å²) in [6, 6.07) is -1.48. The van der Waals surface area contributed by atoms with Gasteiger partial charge in [-0.05, 0) is 89.9 Å². The summed E-state index contributed by atoms with van der Waals surface area (Å²) in [5.41, 5.74) is 5.38. The first-order valence-corrected chi connectivity index (χ1v) is 28.1. The van der Waals surface area contributed by atoms with Crippen LogP contribution in [0.15, 0.2) is 85.1 Å². The van der Waals surface area contributed by atoms with E-state index in [0.29, 0.717) is 13.0 Å². The molecule has 0 aromatic heterocycles. The monoisotopic (exact) mass is 960 g/mol. The van der Waals surface area contributed by atoms with Crippen LogP contribution in [0, 0.1) is 0 Å². The van der Waals surface area contributed by atoms with Crippen LogP contribution in [0.1, 0.15) is 219 Å². The van der Waals surface area contributed by atoms with Gasteiger partial charge in [-0.3, -0.25) is 18.6 Å². The Balaban J connectivity index is 4.17. The molecule has 0 radical (unpaired) electrons. The maximum Gasteiger partial charge on any atom is 0.472 e. The Kier molecular flexibility index (Phi) is 48.8. The first-order valence-electron chi connectivity index (χ1n) is 26.6. The molecule has 0 aliphatic rings. The second kappa shape index (κ2) is 51.0. The highest BCUT2D eigenvalue weighted by Crippen LogP contribution is 2.43. The Hall–Kier alpha value is -2.85. The van der Waals surface area contributed by atoms with Crippen molar-refractivity contribution >= 4 is 19.8 Å². The molecule has 0 aromatic carbocycles. The van der Waals surface area contributed by atoms with E-state index in [1.165, 1.54) is 103 Å². The number of carboxylic acids is 1. The van der Waals surface area contributed by atoms with Crippen molar-refractivity contribution in [1.29, 1.82) is 0 Å². The number of unbranched alkanes of at least 4 members (excludes halogenated alkanes) is 22. The standard InChI is InChI=1S/C56H98NO9P/c1-3-5-7-9-11-13-15-17-19-21-23-25-26-27-29-31-33-35-37-39-41-43-45-47-49-63-50-53(51-64-67(61,62)65-52-54(57)56(59)60)66-55(58)48-46-44-42-40-38-36-34-32-30-28-24-22-20-18-16-14-12-10-8-6-4-2/h6,8,12,14-15,17-18,20-21,23-24,28,32,34,53-54H,3-5,7,9-11,13,16,19,22,25-27,29-31,33,35-52,57H2,1-2H3,(H,59,60)(H,61,62)/b8-6-,14-12-,17-15-,20-18-,23-21-,28-24-,34-32-. The van der Waals surface area contributed by atoms with Crippen molar-refractivity contribution in [3.8, 4) is 0 Å². The van der Waals surface area contributed by atoms with Gasteiger partial charge in [0, 0.05) is 13.0 Å². The van der Waals surface area contributed by atoms with Crippen LogP contribution in [0.5, 0.6) is 0 Å². The number of allylic oxidation sites excluding steroid dienone is 14. The molecule has 0 aliphatic carbocycles. The van der Waals surface area contributed by atoms with E-state index in [0.717, 1.165) is 89.9 Å². The lowest BCUT2D eigenvalue weighted by Gasteiger charge is -2.20. The molecule has 4 N–H and O–H groups in total. The zero-order valence-electron chi connectivity index (χ0n) is 42.5. The molecule has 11 heteroatoms. The molecule has 3 unspecified atom stereocenters. The lowest BCUT2D eigenvalue weighted by Crippen LogP contribution is -2.34. The number of nitrogens with two attached hydrogens (primary N) is 1. The molecule has 0 spiro atoms. The maximum absolute atomic E-state index is 12.7. The van der Waals surface area contributed by atoms with E-state index in [9.17, 15) is 19.0 Å². The molecule has 0 rings (SSSR count). The number of rotatable bonds is 50. The summed E-state index contributed by atoms with van der Waals surface area (Å²) < 4.78 is 33.5. The number of hydrogen-bond acceptors (Lipinski definition) is 8. The Morgan fingerprint density at radius 3 is 1.30 bits per heavy atom. The van der Waals surface area contributed by atoms with Gasteiger partial charge in [-0.1, -0.05) is 208 Å². The fraction of sp³-hybridized carbons (Fsp3) is 0.714. The zero-order valence-corrected chi connectivity index (χ0v) is 43.4. The van der Waals surface area contributed by atoms with Crippen LogP contribution in [-0.4, -0.2) is 60.5 Å². The van der Waals surface area contributed by atoms with E-state index in [-0.39, 0.29) is 13.0 Å². The number of aliphatic carboxylic acids is 1. The van der Waals surface area contributed by atoms with Crippen LogP contribution in [0.2, 0.25) is 0 Å². The predicted molar refractivity (Wildman–Crippen MR) is 281 cm³/mol. The van der Waals surface area contributed by atoms with E-state index in [2.05, 4.69) is 98.9 Å². The summed E-state index contributed by atoms with van der Waals surface area (Å²) in [6.45, 7) is 3.74. The number of carbonyl (C=O) groups excluding carboxylic acids is 1. The number of carbonyl (C=O) groups is 2. The zero-order chi connectivity index (χ0) is 49.0. The fourth-order valence-electron chi connectivity index (χ4n) is 7.07. The van der Waals surface area contributed by atoms with Crippen LogP contribution >= 0.6 is 7.82 Å². The summed E-state index contributed by atoms with van der Waals surface area (Å²) in [5, 5.41) is 8.94. The summed E-state index contributed by atoms with van der Waals surface area (Å²) in [4.78, 5) is 33.7. The average Bonchev–Trinajstić information content (AvgIpc) is 3.31. The number of hydrogen-bond donors (Lipinski definition) is 3. The normalized spacial score (nSPS) is 14.3.